The highest BCUT2D eigenvalue weighted by atomic mass is 35.5. The first-order valence-corrected chi connectivity index (χ1v) is 13.3. The molecule has 2 aromatic rings. The molecular formula is C26H40Cl2N10O5. The second-order valence-corrected chi connectivity index (χ2v) is 9.06. The van der Waals surface area contributed by atoms with Crippen LogP contribution < -0.4 is 33.6 Å². The summed E-state index contributed by atoms with van der Waals surface area (Å²) < 4.78 is 0. The van der Waals surface area contributed by atoms with Gasteiger partial charge in [0.1, 0.15) is 0 Å². The number of carbonyl (C=O) groups is 2. The third-order valence-corrected chi connectivity index (χ3v) is 4.82. The van der Waals surface area contributed by atoms with Gasteiger partial charge in [0.05, 0.1) is 0 Å². The molecule has 15 nitrogen and oxygen atoms in total. The van der Waals surface area contributed by atoms with Crippen LogP contribution in [0.4, 0.5) is 11.4 Å². The summed E-state index contributed by atoms with van der Waals surface area (Å²) in [6.45, 7) is 3.29. The van der Waals surface area contributed by atoms with E-state index in [-0.39, 0.29) is 29.3 Å². The van der Waals surface area contributed by atoms with Crippen LogP contribution in [-0.2, 0) is 9.59 Å². The van der Waals surface area contributed by atoms with Crippen LogP contribution in [0, 0.1) is 0 Å². The fourth-order valence-electron chi connectivity index (χ4n) is 2.70. The van der Waals surface area contributed by atoms with E-state index >= 15 is 0 Å². The van der Waals surface area contributed by atoms with Gasteiger partial charge in [0.25, 0.3) is 11.9 Å². The summed E-state index contributed by atoms with van der Waals surface area (Å²) in [7, 11) is 0. The van der Waals surface area contributed by atoms with Crippen LogP contribution in [0.25, 0.3) is 0 Å². The lowest BCUT2D eigenvalue weighted by Gasteiger charge is -2.05. The van der Waals surface area contributed by atoms with E-state index < -0.39 is 11.9 Å². The molecule has 0 unspecified atom stereocenters. The van der Waals surface area contributed by atoms with Gasteiger partial charge in [0, 0.05) is 48.4 Å². The minimum absolute atomic E-state index is 0. The highest BCUT2D eigenvalue weighted by Crippen LogP contribution is 2.13. The molecule has 17 heteroatoms. The molecule has 0 aliphatic rings. The van der Waals surface area contributed by atoms with Crippen LogP contribution in [0.3, 0.4) is 0 Å². The highest BCUT2D eigenvalue weighted by molar-refractivity contribution is 6.31. The summed E-state index contributed by atoms with van der Waals surface area (Å²) in [6.07, 6.45) is 3.68. The van der Waals surface area contributed by atoms with Crippen molar-refractivity contribution in [3.63, 3.8) is 0 Å². The van der Waals surface area contributed by atoms with Crippen molar-refractivity contribution in [2.45, 2.75) is 39.5 Å². The van der Waals surface area contributed by atoms with Crippen molar-refractivity contribution in [2.24, 2.45) is 42.9 Å². The molecule has 0 radical (unpaired) electrons. The van der Waals surface area contributed by atoms with Crippen molar-refractivity contribution in [2.75, 3.05) is 23.7 Å². The Kier molecular flexibility index (Phi) is 22.7. The van der Waals surface area contributed by atoms with Crippen LogP contribution >= 0.6 is 23.2 Å². The van der Waals surface area contributed by atoms with E-state index in [4.69, 9.17) is 65.9 Å². The molecule has 2 rings (SSSR count). The van der Waals surface area contributed by atoms with Crippen molar-refractivity contribution in [1.29, 1.82) is 0 Å². The molecule has 2 aromatic carbocycles. The second-order valence-electron chi connectivity index (χ2n) is 8.19. The Morgan fingerprint density at radius 1 is 0.651 bits per heavy atom. The normalized spacial score (nSPS) is 11.5. The maximum Gasteiger partial charge on any atom is 0.300 e. The number of anilines is 2. The first-order chi connectivity index (χ1) is 19.8. The number of unbranched alkanes of at least 4 members (excludes halogenated alkanes) is 3. The lowest BCUT2D eigenvalue weighted by atomic mass is 10.2. The van der Waals surface area contributed by atoms with Crippen LogP contribution in [0.15, 0.2) is 68.5 Å². The standard InChI is InChI=1S/C22H30Cl2N10.2C2H4O2.H2O/c23-15-5-9-17(10-6-15)31-21(27)33-19(25)29-13-3-1-2-4-14-30-20(26)34-22(28)32-18-11-7-16(24)8-12-18;2*1-2(3)4;/h5-12H,1-4,13-14H2,(H5,25,27,29,31,33)(H5,26,28,30,32,34);2*1H3,(H,3,4);1H2. The van der Waals surface area contributed by atoms with Gasteiger partial charge < -0.3 is 49.3 Å². The Labute approximate surface area is 260 Å². The number of carboxylic acids is 2. The molecule has 0 amide bonds. The zero-order valence-electron chi connectivity index (χ0n) is 23.9. The van der Waals surface area contributed by atoms with Gasteiger partial charge in [-0.25, -0.2) is 0 Å². The maximum absolute atomic E-state index is 9.00. The van der Waals surface area contributed by atoms with Crippen molar-refractivity contribution in [3.05, 3.63) is 58.6 Å². The minimum atomic E-state index is -0.833. The molecule has 238 valence electrons. The smallest absolute Gasteiger partial charge is 0.300 e. The quantitative estimate of drug-likeness (QED) is 0.112. The molecule has 0 saturated heterocycles. The third-order valence-electron chi connectivity index (χ3n) is 4.32. The topological polar surface area (TPSA) is 284 Å². The van der Waals surface area contributed by atoms with E-state index in [1.807, 2.05) is 0 Å². The number of benzene rings is 2. The van der Waals surface area contributed by atoms with E-state index in [0.29, 0.717) is 23.1 Å². The number of hydrogen-bond donors (Lipinski definition) is 8. The summed E-state index contributed by atoms with van der Waals surface area (Å²) in [5.74, 6) is -1.10. The fraction of sp³-hybridized carbons (Fsp3) is 0.308. The number of rotatable bonds is 9. The van der Waals surface area contributed by atoms with Gasteiger partial charge in [-0.2, -0.15) is 9.98 Å². The molecule has 0 spiro atoms. The van der Waals surface area contributed by atoms with E-state index in [2.05, 4.69) is 30.6 Å². The molecule has 43 heavy (non-hydrogen) atoms. The lowest BCUT2D eigenvalue weighted by molar-refractivity contribution is -0.135. The molecule has 0 fully saturated rings. The monoisotopic (exact) mass is 642 g/mol. The van der Waals surface area contributed by atoms with Crippen LogP contribution in [0.5, 0.6) is 0 Å². The molecule has 0 saturated carbocycles. The zero-order valence-corrected chi connectivity index (χ0v) is 25.4. The minimum Gasteiger partial charge on any atom is -0.481 e. The van der Waals surface area contributed by atoms with Crippen LogP contribution in [-0.4, -0.2) is 64.6 Å². The van der Waals surface area contributed by atoms with Gasteiger partial charge in [0.2, 0.25) is 23.8 Å². The van der Waals surface area contributed by atoms with Crippen molar-refractivity contribution >= 4 is 70.4 Å². The average Bonchev–Trinajstić information content (AvgIpc) is 2.87. The van der Waals surface area contributed by atoms with Crippen LogP contribution in [0.2, 0.25) is 10.0 Å². The van der Waals surface area contributed by atoms with Gasteiger partial charge in [-0.15, -0.1) is 0 Å². The van der Waals surface area contributed by atoms with Crippen molar-refractivity contribution < 1.29 is 25.3 Å². The molecule has 0 bridgehead atoms. The summed E-state index contributed by atoms with van der Waals surface area (Å²) >= 11 is 11.7. The average molecular weight is 644 g/mol. The van der Waals surface area contributed by atoms with E-state index in [1.165, 1.54) is 0 Å². The number of nitrogens with two attached hydrogens (primary N) is 4. The van der Waals surface area contributed by atoms with Crippen molar-refractivity contribution in [1.82, 2.24) is 0 Å². The summed E-state index contributed by atoms with van der Waals surface area (Å²) in [6, 6.07) is 14.1. The number of nitrogens with one attached hydrogen (secondary N) is 2. The SMILES string of the molecule is CC(=O)O.CC(=O)O.NC(=N/CCCCCC/N=C(N)/N=C(\N)Nc1ccc(Cl)cc1)/N=C(\N)Nc1ccc(Cl)cc1.O. The van der Waals surface area contributed by atoms with Crippen molar-refractivity contribution in [3.8, 4) is 0 Å². The molecule has 0 aliphatic carbocycles. The molecule has 0 heterocycles. The molecule has 14 N–H and O–H groups in total. The summed E-state index contributed by atoms with van der Waals surface area (Å²) in [5, 5.41) is 21.9. The molecule has 0 atom stereocenters. The number of aliphatic carboxylic acids is 2. The predicted octanol–water partition coefficient (Wildman–Crippen LogP) is 2.69. The van der Waals surface area contributed by atoms with Gasteiger partial charge in [-0.05, 0) is 61.4 Å². The van der Waals surface area contributed by atoms with Gasteiger partial charge in [-0.1, -0.05) is 36.0 Å². The summed E-state index contributed by atoms with van der Waals surface area (Å²) in [5.41, 5.74) is 24.8. The predicted molar refractivity (Wildman–Crippen MR) is 175 cm³/mol. The molecule has 0 aliphatic heterocycles. The lowest BCUT2D eigenvalue weighted by Crippen LogP contribution is -2.26. The Morgan fingerprint density at radius 2 is 0.930 bits per heavy atom. The zero-order chi connectivity index (χ0) is 31.9. The van der Waals surface area contributed by atoms with E-state index in [1.54, 1.807) is 48.5 Å². The number of hydrogen-bond acceptors (Lipinski definition) is 4. The fourth-order valence-corrected chi connectivity index (χ4v) is 2.95. The van der Waals surface area contributed by atoms with E-state index in [9.17, 15) is 0 Å². The van der Waals surface area contributed by atoms with E-state index in [0.717, 1.165) is 50.9 Å². The van der Waals surface area contributed by atoms with Crippen LogP contribution in [0.1, 0.15) is 39.5 Å². The first-order valence-electron chi connectivity index (χ1n) is 12.5. The van der Waals surface area contributed by atoms with Gasteiger partial charge in [0.15, 0.2) is 0 Å². The first kappa shape index (κ1) is 40.5. The Morgan fingerprint density at radius 3 is 1.21 bits per heavy atom. The Balaban J connectivity index is 0. The Hall–Kier alpha value is -4.60. The second kappa shape index (κ2) is 24.0. The number of aliphatic imine (C=N–C) groups is 4. The largest absolute Gasteiger partial charge is 0.481 e. The number of guanidine groups is 4. The third kappa shape index (κ3) is 26.1. The van der Waals surface area contributed by atoms with Gasteiger partial charge in [-0.3, -0.25) is 19.6 Å². The molecular weight excluding hydrogens is 603 g/mol. The number of halogens is 2. The Bertz CT molecular complexity index is 1120. The summed E-state index contributed by atoms with van der Waals surface area (Å²) in [4.78, 5) is 34.5. The number of nitrogens with zero attached hydrogens (tertiary/aromatic N) is 4. The molecule has 0 aromatic heterocycles. The number of carboxylic acid groups (broad SMARTS) is 2. The van der Waals surface area contributed by atoms with Gasteiger partial charge >= 0.3 is 0 Å². The maximum atomic E-state index is 9.00. The highest BCUT2D eigenvalue weighted by Gasteiger charge is 1.99.